The molecule has 1 aliphatic heterocycles. The van der Waals surface area contributed by atoms with Crippen LogP contribution in [0.1, 0.15) is 42.1 Å². The Labute approximate surface area is 213 Å². The highest BCUT2D eigenvalue weighted by Gasteiger charge is 2.31. The van der Waals surface area contributed by atoms with E-state index in [1.807, 2.05) is 30.8 Å². The van der Waals surface area contributed by atoms with Crippen LogP contribution in [-0.2, 0) is 19.1 Å². The lowest BCUT2D eigenvalue weighted by Gasteiger charge is -2.19. The zero-order valence-electron chi connectivity index (χ0n) is 20.8. The van der Waals surface area contributed by atoms with Gasteiger partial charge in [-0.2, -0.15) is 23.3 Å². The molecule has 1 aliphatic rings. The van der Waals surface area contributed by atoms with Gasteiger partial charge in [-0.25, -0.2) is 4.98 Å². The van der Waals surface area contributed by atoms with Crippen molar-refractivity contribution >= 4 is 23.1 Å². The molecule has 2 aromatic carbocycles. The zero-order valence-corrected chi connectivity index (χ0v) is 20.8. The summed E-state index contributed by atoms with van der Waals surface area (Å²) < 4.78 is 41.8. The van der Waals surface area contributed by atoms with Crippen molar-refractivity contribution in [2.45, 2.75) is 46.0 Å². The highest BCUT2D eigenvalue weighted by Crippen LogP contribution is 2.34. The number of fused-ring (bicyclic) bond motifs is 1. The first kappa shape index (κ1) is 24.8. The fourth-order valence-corrected chi connectivity index (χ4v) is 4.35. The highest BCUT2D eigenvalue weighted by molar-refractivity contribution is 5.78. The molecule has 2 aromatic heterocycles. The van der Waals surface area contributed by atoms with Gasteiger partial charge in [0.05, 0.1) is 11.8 Å². The quantitative estimate of drug-likeness (QED) is 0.281. The van der Waals surface area contributed by atoms with Gasteiger partial charge in [0.25, 0.3) is 0 Å². The van der Waals surface area contributed by atoms with E-state index in [4.69, 9.17) is 0 Å². The lowest BCUT2D eigenvalue weighted by Crippen LogP contribution is -2.23. The van der Waals surface area contributed by atoms with E-state index in [1.54, 1.807) is 25.4 Å². The number of benzene rings is 2. The first-order valence-electron chi connectivity index (χ1n) is 12.1. The fourth-order valence-electron chi connectivity index (χ4n) is 4.35. The van der Waals surface area contributed by atoms with Crippen molar-refractivity contribution < 1.29 is 13.2 Å². The molecule has 10 heteroatoms. The summed E-state index contributed by atoms with van der Waals surface area (Å²) in [4.78, 5) is 9.07. The van der Waals surface area contributed by atoms with Crippen molar-refractivity contribution in [3.8, 4) is 11.1 Å². The third-order valence-corrected chi connectivity index (χ3v) is 6.25. The molecule has 0 bridgehead atoms. The second kappa shape index (κ2) is 9.85. The number of aryl methyl sites for hydroxylation is 1. The largest absolute Gasteiger partial charge is 0.416 e. The number of alkyl halides is 3. The average molecular weight is 508 g/mol. The smallest absolute Gasteiger partial charge is 0.340 e. The monoisotopic (exact) mass is 507 g/mol. The normalized spacial score (nSPS) is 13.5. The van der Waals surface area contributed by atoms with E-state index in [2.05, 4.69) is 43.1 Å². The van der Waals surface area contributed by atoms with Gasteiger partial charge < -0.3 is 16.0 Å². The molecule has 0 spiro atoms. The maximum atomic E-state index is 13.3. The summed E-state index contributed by atoms with van der Waals surface area (Å²) in [7, 11) is 0. The second-order valence-corrected chi connectivity index (χ2v) is 9.50. The summed E-state index contributed by atoms with van der Waals surface area (Å²) in [6, 6.07) is 10.2. The summed E-state index contributed by atoms with van der Waals surface area (Å²) in [5.74, 6) is 0.703. The van der Waals surface area contributed by atoms with Crippen molar-refractivity contribution in [2.24, 2.45) is 0 Å². The van der Waals surface area contributed by atoms with Gasteiger partial charge >= 0.3 is 6.18 Å². The lowest BCUT2D eigenvalue weighted by molar-refractivity contribution is -0.137. The lowest BCUT2D eigenvalue weighted by atomic mass is 10.0. The summed E-state index contributed by atoms with van der Waals surface area (Å²) in [5.41, 5.74) is 4.97. The summed E-state index contributed by atoms with van der Waals surface area (Å²) in [6.45, 7) is 7.45. The molecule has 0 fully saturated rings. The number of nitrogens with zero attached hydrogens (tertiary/aromatic N) is 4. The predicted octanol–water partition coefficient (Wildman–Crippen LogP) is 6.38. The van der Waals surface area contributed by atoms with E-state index in [-0.39, 0.29) is 17.7 Å². The number of halogens is 3. The third kappa shape index (κ3) is 5.59. The Morgan fingerprint density at radius 3 is 2.59 bits per heavy atom. The molecule has 0 unspecified atom stereocenters. The van der Waals surface area contributed by atoms with Gasteiger partial charge in [0, 0.05) is 47.5 Å². The molecule has 4 aromatic rings. The van der Waals surface area contributed by atoms with Gasteiger partial charge in [-0.05, 0) is 80.8 Å². The Morgan fingerprint density at radius 2 is 1.84 bits per heavy atom. The highest BCUT2D eigenvalue weighted by atomic mass is 19.4. The van der Waals surface area contributed by atoms with Gasteiger partial charge in [-0.3, -0.25) is 4.68 Å². The van der Waals surface area contributed by atoms with Crippen LogP contribution in [0.25, 0.3) is 11.1 Å². The molecule has 3 heterocycles. The summed E-state index contributed by atoms with van der Waals surface area (Å²) in [5, 5.41) is 14.2. The Morgan fingerprint density at radius 1 is 1.00 bits per heavy atom. The van der Waals surface area contributed by atoms with Crippen LogP contribution in [0.3, 0.4) is 0 Å². The van der Waals surface area contributed by atoms with Gasteiger partial charge in [0.2, 0.25) is 5.95 Å². The molecule has 0 aliphatic carbocycles. The van der Waals surface area contributed by atoms with Crippen LogP contribution in [0, 0.1) is 6.92 Å². The summed E-state index contributed by atoms with van der Waals surface area (Å²) in [6.07, 6.45) is 1.86. The van der Waals surface area contributed by atoms with E-state index in [0.717, 1.165) is 48.5 Å². The minimum absolute atomic E-state index is 0.181. The van der Waals surface area contributed by atoms with Crippen LogP contribution < -0.4 is 16.0 Å². The van der Waals surface area contributed by atoms with Crippen molar-refractivity contribution in [2.75, 3.05) is 17.2 Å². The molecule has 37 heavy (non-hydrogen) atoms. The fraction of sp³-hybridized carbons (Fsp3) is 0.296. The first-order chi connectivity index (χ1) is 17.7. The van der Waals surface area contributed by atoms with Crippen LogP contribution in [0.2, 0.25) is 0 Å². The molecule has 0 radical (unpaired) electrons. The third-order valence-electron chi connectivity index (χ3n) is 6.25. The maximum Gasteiger partial charge on any atom is 0.416 e. The van der Waals surface area contributed by atoms with Crippen LogP contribution in [0.15, 0.2) is 55.0 Å². The molecule has 0 atom stereocenters. The molecular formula is C27H28F3N7. The Bertz CT molecular complexity index is 1430. The molecular weight excluding hydrogens is 479 g/mol. The SMILES string of the molecule is Cc1cc(Nc2ncc(-c3cnn(C(C)C)c3)c(Nc3ccc4c(c3)CNCC4)n2)cc(C(F)(F)F)c1. The van der Waals surface area contributed by atoms with Crippen LogP contribution in [0.5, 0.6) is 0 Å². The predicted molar refractivity (Wildman–Crippen MR) is 138 cm³/mol. The van der Waals surface area contributed by atoms with E-state index in [9.17, 15) is 13.2 Å². The Hall–Kier alpha value is -3.92. The summed E-state index contributed by atoms with van der Waals surface area (Å²) >= 11 is 0. The molecule has 192 valence electrons. The standard InChI is InChI=1S/C27H28F3N7/c1-16(2)37-15-20(13-33-37)24-14-32-26(35-23-9-17(3)8-21(11-23)27(28,29)30)36-25(24)34-22-5-4-18-6-7-31-12-19(18)10-22/h4-5,8-11,13-16,31H,6-7,12H2,1-3H3,(H2,32,34,35,36). The van der Waals surface area contributed by atoms with Gasteiger partial charge in [-0.15, -0.1) is 0 Å². The molecule has 5 rings (SSSR count). The minimum atomic E-state index is -4.45. The maximum absolute atomic E-state index is 13.3. The number of anilines is 4. The van der Waals surface area contributed by atoms with Gasteiger partial charge in [0.15, 0.2) is 0 Å². The van der Waals surface area contributed by atoms with Gasteiger partial charge in [-0.1, -0.05) is 6.07 Å². The second-order valence-electron chi connectivity index (χ2n) is 9.50. The Kier molecular flexibility index (Phi) is 6.59. The zero-order chi connectivity index (χ0) is 26.2. The number of rotatable bonds is 6. The van der Waals surface area contributed by atoms with Crippen LogP contribution in [-0.4, -0.2) is 26.3 Å². The van der Waals surface area contributed by atoms with E-state index < -0.39 is 11.7 Å². The van der Waals surface area contributed by atoms with E-state index in [0.29, 0.717) is 11.4 Å². The van der Waals surface area contributed by atoms with Crippen LogP contribution in [0.4, 0.5) is 36.3 Å². The van der Waals surface area contributed by atoms with Crippen molar-refractivity contribution in [1.82, 2.24) is 25.1 Å². The van der Waals surface area contributed by atoms with Crippen molar-refractivity contribution in [3.05, 3.63) is 77.2 Å². The number of hydrogen-bond donors (Lipinski definition) is 3. The van der Waals surface area contributed by atoms with E-state index in [1.165, 1.54) is 11.1 Å². The van der Waals surface area contributed by atoms with Crippen LogP contribution >= 0.6 is 0 Å². The molecule has 3 N–H and O–H groups in total. The minimum Gasteiger partial charge on any atom is -0.340 e. The van der Waals surface area contributed by atoms with Crippen molar-refractivity contribution in [3.63, 3.8) is 0 Å². The Balaban J connectivity index is 1.51. The average Bonchev–Trinajstić information content (AvgIpc) is 3.34. The molecule has 0 saturated heterocycles. The number of aromatic nitrogens is 4. The van der Waals surface area contributed by atoms with E-state index >= 15 is 0 Å². The molecule has 7 nitrogen and oxygen atoms in total. The first-order valence-corrected chi connectivity index (χ1v) is 12.1. The number of hydrogen-bond acceptors (Lipinski definition) is 6. The van der Waals surface area contributed by atoms with Crippen molar-refractivity contribution in [1.29, 1.82) is 0 Å². The van der Waals surface area contributed by atoms with Gasteiger partial charge in [0.1, 0.15) is 5.82 Å². The molecule has 0 amide bonds. The topological polar surface area (TPSA) is 79.7 Å². The number of nitrogens with one attached hydrogen (secondary N) is 3. The molecule has 0 saturated carbocycles.